The molecule has 0 aromatic heterocycles. The Hall–Kier alpha value is -1.15. The van der Waals surface area contributed by atoms with Gasteiger partial charge < -0.3 is 15.4 Å². The van der Waals surface area contributed by atoms with Crippen molar-refractivity contribution in [3.63, 3.8) is 0 Å². The maximum Gasteiger partial charge on any atom is 0.245 e. The molecule has 0 unspecified atom stereocenters. The van der Waals surface area contributed by atoms with Crippen molar-refractivity contribution < 1.29 is 14.3 Å². The molecule has 0 aliphatic rings. The fourth-order valence-electron chi connectivity index (χ4n) is 1.51. The fourth-order valence-corrected chi connectivity index (χ4v) is 1.87. The van der Waals surface area contributed by atoms with Gasteiger partial charge in [0.15, 0.2) is 0 Å². The molecule has 5 nitrogen and oxygen atoms in total. The Labute approximate surface area is 126 Å². The Morgan fingerprint density at radius 3 is 2.47 bits per heavy atom. The number of ether oxygens (including phenoxy) is 1. The van der Waals surface area contributed by atoms with Crippen LogP contribution in [0.15, 0.2) is 24.3 Å². The van der Waals surface area contributed by atoms with Crippen LogP contribution in [0.2, 0.25) is 0 Å². The standard InChI is InChI=1S/C13H17IN2O3/c1-9(17)16-12(8-19-2)13(18)15-7-10-3-5-11(14)6-4-10/h3-6,12H,7-8H2,1-2H3,(H,15,18)(H,16,17)/t12-/m1/s1. The van der Waals surface area contributed by atoms with Gasteiger partial charge in [-0.1, -0.05) is 12.1 Å². The molecule has 0 bridgehead atoms. The first-order chi connectivity index (χ1) is 9.02. The number of methoxy groups -OCH3 is 1. The summed E-state index contributed by atoms with van der Waals surface area (Å²) < 4.78 is 6.06. The van der Waals surface area contributed by atoms with Crippen molar-refractivity contribution in [3.8, 4) is 0 Å². The van der Waals surface area contributed by atoms with Gasteiger partial charge in [-0.25, -0.2) is 0 Å². The van der Waals surface area contributed by atoms with Gasteiger partial charge in [-0.2, -0.15) is 0 Å². The van der Waals surface area contributed by atoms with E-state index >= 15 is 0 Å². The molecule has 6 heteroatoms. The largest absolute Gasteiger partial charge is 0.382 e. The Morgan fingerprint density at radius 1 is 1.32 bits per heavy atom. The molecule has 0 aliphatic carbocycles. The van der Waals surface area contributed by atoms with E-state index in [2.05, 4.69) is 33.2 Å². The molecule has 0 heterocycles. The third-order valence-electron chi connectivity index (χ3n) is 2.41. The maximum absolute atomic E-state index is 11.9. The number of nitrogens with one attached hydrogen (secondary N) is 2. The van der Waals surface area contributed by atoms with Crippen molar-refractivity contribution in [1.29, 1.82) is 0 Å². The summed E-state index contributed by atoms with van der Waals surface area (Å²) in [6.07, 6.45) is 0. The van der Waals surface area contributed by atoms with Crippen LogP contribution in [0, 0.1) is 3.57 Å². The lowest BCUT2D eigenvalue weighted by Crippen LogP contribution is -2.48. The van der Waals surface area contributed by atoms with Crippen molar-refractivity contribution in [1.82, 2.24) is 10.6 Å². The third-order valence-corrected chi connectivity index (χ3v) is 3.13. The molecule has 1 rings (SSSR count). The van der Waals surface area contributed by atoms with Crippen molar-refractivity contribution in [2.45, 2.75) is 19.5 Å². The zero-order valence-electron chi connectivity index (χ0n) is 10.9. The van der Waals surface area contributed by atoms with Crippen LogP contribution in [0.1, 0.15) is 12.5 Å². The van der Waals surface area contributed by atoms with Gasteiger partial charge in [0.1, 0.15) is 6.04 Å². The predicted octanol–water partition coefficient (Wildman–Crippen LogP) is 1.06. The van der Waals surface area contributed by atoms with Crippen LogP contribution in [0.5, 0.6) is 0 Å². The second-order valence-electron chi connectivity index (χ2n) is 4.05. The topological polar surface area (TPSA) is 67.4 Å². The van der Waals surface area contributed by atoms with Gasteiger partial charge in [0.05, 0.1) is 6.61 Å². The molecular formula is C13H17IN2O3. The molecule has 0 aliphatic heterocycles. The van der Waals surface area contributed by atoms with Crippen molar-refractivity contribution in [3.05, 3.63) is 33.4 Å². The second-order valence-corrected chi connectivity index (χ2v) is 5.30. The molecule has 1 aromatic rings. The van der Waals surface area contributed by atoms with Crippen LogP contribution >= 0.6 is 22.6 Å². The fraction of sp³-hybridized carbons (Fsp3) is 0.385. The van der Waals surface area contributed by atoms with Gasteiger partial charge in [0, 0.05) is 24.1 Å². The summed E-state index contributed by atoms with van der Waals surface area (Å²) in [5, 5.41) is 5.32. The first-order valence-corrected chi connectivity index (χ1v) is 6.89. The van der Waals surface area contributed by atoms with Crippen LogP contribution in [-0.2, 0) is 20.9 Å². The number of hydrogen-bond donors (Lipinski definition) is 2. The summed E-state index contributed by atoms with van der Waals surface area (Å²) in [6, 6.07) is 7.19. The molecule has 1 atom stereocenters. The molecule has 0 radical (unpaired) electrons. The molecule has 2 N–H and O–H groups in total. The molecule has 2 amide bonds. The Balaban J connectivity index is 2.51. The summed E-state index contributed by atoms with van der Waals surface area (Å²) in [5.41, 5.74) is 1.01. The van der Waals surface area contributed by atoms with Gasteiger partial charge in [-0.15, -0.1) is 0 Å². The number of hydrogen-bond acceptors (Lipinski definition) is 3. The Morgan fingerprint density at radius 2 is 1.95 bits per heavy atom. The first kappa shape index (κ1) is 15.9. The highest BCUT2D eigenvalue weighted by Gasteiger charge is 2.18. The minimum atomic E-state index is -0.661. The quantitative estimate of drug-likeness (QED) is 0.730. The van der Waals surface area contributed by atoms with Crippen molar-refractivity contribution >= 4 is 34.4 Å². The lowest BCUT2D eigenvalue weighted by molar-refractivity contribution is -0.129. The van der Waals surface area contributed by atoms with E-state index < -0.39 is 6.04 Å². The molecule has 0 spiro atoms. The predicted molar refractivity (Wildman–Crippen MR) is 80.5 cm³/mol. The first-order valence-electron chi connectivity index (χ1n) is 5.81. The highest BCUT2D eigenvalue weighted by atomic mass is 127. The maximum atomic E-state index is 11.9. The number of rotatable bonds is 6. The number of amides is 2. The molecule has 104 valence electrons. The summed E-state index contributed by atoms with van der Waals surface area (Å²) in [7, 11) is 1.49. The Kier molecular flexibility index (Phi) is 6.79. The number of halogens is 1. The summed E-state index contributed by atoms with van der Waals surface area (Å²) >= 11 is 2.22. The SMILES string of the molecule is COC[C@@H](NC(C)=O)C(=O)NCc1ccc(I)cc1. The molecule has 19 heavy (non-hydrogen) atoms. The highest BCUT2D eigenvalue weighted by molar-refractivity contribution is 14.1. The van der Waals surface area contributed by atoms with Crippen molar-refractivity contribution in [2.75, 3.05) is 13.7 Å². The van der Waals surface area contributed by atoms with Crippen LogP contribution in [0.3, 0.4) is 0 Å². The Bertz CT molecular complexity index is 434. The normalized spacial score (nSPS) is 11.7. The smallest absolute Gasteiger partial charge is 0.245 e. The summed E-state index contributed by atoms with van der Waals surface area (Å²) in [4.78, 5) is 22.9. The van der Waals surface area contributed by atoms with Crippen LogP contribution < -0.4 is 10.6 Å². The van der Waals surface area contributed by atoms with E-state index in [4.69, 9.17) is 4.74 Å². The lowest BCUT2D eigenvalue weighted by atomic mass is 10.2. The summed E-state index contributed by atoms with van der Waals surface area (Å²) in [6.45, 7) is 1.95. The van der Waals surface area contributed by atoms with E-state index in [-0.39, 0.29) is 18.4 Å². The van der Waals surface area contributed by atoms with E-state index in [0.29, 0.717) is 6.54 Å². The zero-order chi connectivity index (χ0) is 14.3. The molecule has 0 fully saturated rings. The average molecular weight is 376 g/mol. The number of benzene rings is 1. The highest BCUT2D eigenvalue weighted by Crippen LogP contribution is 2.06. The van der Waals surface area contributed by atoms with Crippen molar-refractivity contribution in [2.24, 2.45) is 0 Å². The van der Waals surface area contributed by atoms with E-state index in [1.165, 1.54) is 14.0 Å². The second kappa shape index (κ2) is 8.11. The molecule has 1 aromatic carbocycles. The number of carbonyl (C=O) groups excluding carboxylic acids is 2. The molecular weight excluding hydrogens is 359 g/mol. The van der Waals surface area contributed by atoms with Crippen LogP contribution in [0.25, 0.3) is 0 Å². The monoisotopic (exact) mass is 376 g/mol. The molecule has 0 saturated carbocycles. The van der Waals surface area contributed by atoms with Gasteiger partial charge >= 0.3 is 0 Å². The van der Waals surface area contributed by atoms with E-state index in [0.717, 1.165) is 9.13 Å². The van der Waals surface area contributed by atoms with Crippen LogP contribution in [-0.4, -0.2) is 31.6 Å². The van der Waals surface area contributed by atoms with E-state index in [1.807, 2.05) is 24.3 Å². The molecule has 0 saturated heterocycles. The van der Waals surface area contributed by atoms with Gasteiger partial charge in [-0.3, -0.25) is 9.59 Å². The zero-order valence-corrected chi connectivity index (χ0v) is 13.1. The van der Waals surface area contributed by atoms with E-state index in [1.54, 1.807) is 0 Å². The van der Waals surface area contributed by atoms with E-state index in [9.17, 15) is 9.59 Å². The number of carbonyl (C=O) groups is 2. The third kappa shape index (κ3) is 6.02. The average Bonchev–Trinajstić information content (AvgIpc) is 2.37. The minimum absolute atomic E-state index is 0.151. The van der Waals surface area contributed by atoms with Gasteiger partial charge in [0.25, 0.3) is 0 Å². The minimum Gasteiger partial charge on any atom is -0.382 e. The van der Waals surface area contributed by atoms with Gasteiger partial charge in [0.2, 0.25) is 11.8 Å². The summed E-state index contributed by atoms with van der Waals surface area (Å²) in [5.74, 6) is -0.512. The lowest BCUT2D eigenvalue weighted by Gasteiger charge is -2.16. The van der Waals surface area contributed by atoms with Crippen LogP contribution in [0.4, 0.5) is 0 Å². The van der Waals surface area contributed by atoms with Gasteiger partial charge in [-0.05, 0) is 40.3 Å².